The molecule has 1 aliphatic rings. The maximum Gasteiger partial charge on any atom is 0.119 e. The molecule has 1 saturated carbocycles. The van der Waals surface area contributed by atoms with Gasteiger partial charge in [-0.25, -0.2) is 0 Å². The van der Waals surface area contributed by atoms with E-state index in [1.165, 1.54) is 36.8 Å². The number of rotatable bonds is 9. The number of benzene rings is 3. The molecule has 3 aromatic rings. The predicted octanol–water partition coefficient (Wildman–Crippen LogP) is 6.01. The summed E-state index contributed by atoms with van der Waals surface area (Å²) in [6.45, 7) is 1.47. The summed E-state index contributed by atoms with van der Waals surface area (Å²) in [4.78, 5) is 0. The lowest BCUT2D eigenvalue weighted by molar-refractivity contribution is 0.164. The largest absolute Gasteiger partial charge is 0.489 e. The number of nitrogens with one attached hydrogen (secondary N) is 1. The Morgan fingerprint density at radius 2 is 1.45 bits per heavy atom. The number of aliphatic hydroxyl groups is 1. The van der Waals surface area contributed by atoms with Gasteiger partial charge >= 0.3 is 0 Å². The standard InChI is InChI=1S/C28H33NO2/c30-28(25-9-5-2-6-10-25)19-20-29-26-15-11-23(12-16-26)24-13-17-27(18-14-24)31-21-22-7-3-1-4-8-22/h1-10,13-14,17-18,23,26,28-30H,11-12,15-16,19-21H2/t23-,26-,28?. The molecule has 1 atom stereocenters. The molecule has 4 rings (SSSR count). The van der Waals surface area contributed by atoms with E-state index in [1.807, 2.05) is 48.5 Å². The highest BCUT2D eigenvalue weighted by Gasteiger charge is 2.22. The first-order valence-electron chi connectivity index (χ1n) is 11.5. The lowest BCUT2D eigenvalue weighted by Gasteiger charge is -2.30. The molecule has 1 aliphatic carbocycles. The van der Waals surface area contributed by atoms with Gasteiger partial charge in [-0.05, 0) is 73.4 Å². The third-order valence-corrected chi connectivity index (χ3v) is 6.36. The molecule has 0 aromatic heterocycles. The first-order chi connectivity index (χ1) is 15.3. The molecule has 0 radical (unpaired) electrons. The van der Waals surface area contributed by atoms with Crippen LogP contribution in [0.25, 0.3) is 0 Å². The van der Waals surface area contributed by atoms with Gasteiger partial charge in [0.05, 0.1) is 6.10 Å². The van der Waals surface area contributed by atoms with E-state index in [2.05, 4.69) is 41.7 Å². The summed E-state index contributed by atoms with van der Waals surface area (Å²) in [6.07, 6.45) is 5.19. The van der Waals surface area contributed by atoms with Crippen LogP contribution in [0.4, 0.5) is 0 Å². The van der Waals surface area contributed by atoms with Crippen LogP contribution in [0.1, 0.15) is 60.8 Å². The van der Waals surface area contributed by atoms with E-state index in [9.17, 15) is 5.11 Å². The first-order valence-corrected chi connectivity index (χ1v) is 11.5. The average Bonchev–Trinajstić information content (AvgIpc) is 2.85. The number of aliphatic hydroxyl groups excluding tert-OH is 1. The van der Waals surface area contributed by atoms with Crippen LogP contribution in [0.15, 0.2) is 84.9 Å². The summed E-state index contributed by atoms with van der Waals surface area (Å²) in [7, 11) is 0. The molecule has 0 spiro atoms. The molecule has 2 N–H and O–H groups in total. The number of hydrogen-bond donors (Lipinski definition) is 2. The Morgan fingerprint density at radius 3 is 2.13 bits per heavy atom. The van der Waals surface area contributed by atoms with Crippen molar-refractivity contribution in [1.29, 1.82) is 0 Å². The Bertz CT molecular complexity index is 887. The van der Waals surface area contributed by atoms with Crippen molar-refractivity contribution in [3.8, 4) is 5.75 Å². The fourth-order valence-electron chi connectivity index (χ4n) is 4.47. The van der Waals surface area contributed by atoms with E-state index in [0.717, 1.165) is 24.3 Å². The lowest BCUT2D eigenvalue weighted by atomic mass is 9.81. The molecule has 0 heterocycles. The smallest absolute Gasteiger partial charge is 0.119 e. The van der Waals surface area contributed by atoms with Crippen molar-refractivity contribution in [2.45, 2.75) is 56.8 Å². The van der Waals surface area contributed by atoms with Gasteiger partial charge in [0.2, 0.25) is 0 Å². The number of ether oxygens (including phenoxy) is 1. The summed E-state index contributed by atoms with van der Waals surface area (Å²) in [5.74, 6) is 1.57. The van der Waals surface area contributed by atoms with Gasteiger partial charge in [-0.2, -0.15) is 0 Å². The minimum Gasteiger partial charge on any atom is -0.489 e. The minimum atomic E-state index is -0.382. The molecule has 1 unspecified atom stereocenters. The van der Waals surface area contributed by atoms with Crippen molar-refractivity contribution in [3.05, 3.63) is 102 Å². The zero-order valence-corrected chi connectivity index (χ0v) is 18.1. The SMILES string of the molecule is OC(CCN[C@H]1CC[C@H](c2ccc(OCc3ccccc3)cc2)CC1)c1ccccc1. The third kappa shape index (κ3) is 6.43. The highest BCUT2D eigenvalue weighted by molar-refractivity contribution is 5.30. The van der Waals surface area contributed by atoms with E-state index < -0.39 is 0 Å². The van der Waals surface area contributed by atoms with Crippen LogP contribution < -0.4 is 10.1 Å². The van der Waals surface area contributed by atoms with Crippen molar-refractivity contribution < 1.29 is 9.84 Å². The van der Waals surface area contributed by atoms with Crippen molar-refractivity contribution in [2.75, 3.05) is 6.54 Å². The monoisotopic (exact) mass is 415 g/mol. The average molecular weight is 416 g/mol. The van der Waals surface area contributed by atoms with Gasteiger partial charge in [-0.1, -0.05) is 72.8 Å². The number of hydrogen-bond acceptors (Lipinski definition) is 3. The Labute approximate surface area is 186 Å². The second-order valence-electron chi connectivity index (χ2n) is 8.56. The predicted molar refractivity (Wildman–Crippen MR) is 126 cm³/mol. The van der Waals surface area contributed by atoms with Crippen LogP contribution >= 0.6 is 0 Å². The molecule has 0 saturated heterocycles. The topological polar surface area (TPSA) is 41.5 Å². The van der Waals surface area contributed by atoms with Crippen LogP contribution in [-0.2, 0) is 6.61 Å². The van der Waals surface area contributed by atoms with Gasteiger partial charge in [-0.3, -0.25) is 0 Å². The molecule has 0 aliphatic heterocycles. The normalized spacial score (nSPS) is 19.6. The zero-order valence-electron chi connectivity index (χ0n) is 18.1. The van der Waals surface area contributed by atoms with Crippen LogP contribution in [-0.4, -0.2) is 17.7 Å². The molecule has 31 heavy (non-hydrogen) atoms. The Kier molecular flexibility index (Phi) is 7.76. The van der Waals surface area contributed by atoms with Crippen LogP contribution in [0, 0.1) is 0 Å². The van der Waals surface area contributed by atoms with Crippen molar-refractivity contribution in [2.24, 2.45) is 0 Å². The molecule has 3 aromatic carbocycles. The van der Waals surface area contributed by atoms with Crippen LogP contribution in [0.2, 0.25) is 0 Å². The van der Waals surface area contributed by atoms with E-state index >= 15 is 0 Å². The van der Waals surface area contributed by atoms with Gasteiger partial charge < -0.3 is 15.2 Å². The summed E-state index contributed by atoms with van der Waals surface area (Å²) in [6, 6.07) is 29.4. The molecular weight excluding hydrogens is 382 g/mol. The molecular formula is C28H33NO2. The van der Waals surface area contributed by atoms with Crippen molar-refractivity contribution in [1.82, 2.24) is 5.32 Å². The molecule has 162 valence electrons. The van der Waals surface area contributed by atoms with Gasteiger partial charge in [0, 0.05) is 6.04 Å². The zero-order chi connectivity index (χ0) is 21.3. The summed E-state index contributed by atoms with van der Waals surface area (Å²) >= 11 is 0. The second kappa shape index (κ2) is 11.1. The van der Waals surface area contributed by atoms with Gasteiger partial charge in [0.25, 0.3) is 0 Å². The van der Waals surface area contributed by atoms with Gasteiger partial charge in [-0.15, -0.1) is 0 Å². The molecule has 1 fully saturated rings. The fraction of sp³-hybridized carbons (Fsp3) is 0.357. The van der Waals surface area contributed by atoms with Crippen LogP contribution in [0.3, 0.4) is 0 Å². The Hall–Kier alpha value is -2.62. The molecule has 0 bridgehead atoms. The van der Waals surface area contributed by atoms with E-state index in [1.54, 1.807) is 0 Å². The molecule has 0 amide bonds. The second-order valence-corrected chi connectivity index (χ2v) is 8.56. The molecule has 3 nitrogen and oxygen atoms in total. The fourth-order valence-corrected chi connectivity index (χ4v) is 4.47. The highest BCUT2D eigenvalue weighted by Crippen LogP contribution is 2.33. The van der Waals surface area contributed by atoms with Gasteiger partial charge in [0.15, 0.2) is 0 Å². The van der Waals surface area contributed by atoms with Crippen molar-refractivity contribution >= 4 is 0 Å². The quantitative estimate of drug-likeness (QED) is 0.450. The lowest BCUT2D eigenvalue weighted by Crippen LogP contribution is -2.34. The third-order valence-electron chi connectivity index (χ3n) is 6.36. The maximum absolute atomic E-state index is 10.3. The summed E-state index contributed by atoms with van der Waals surface area (Å²) in [5, 5.41) is 14.0. The van der Waals surface area contributed by atoms with E-state index in [-0.39, 0.29) is 6.10 Å². The summed E-state index contributed by atoms with van der Waals surface area (Å²) in [5.41, 5.74) is 3.61. The Morgan fingerprint density at radius 1 is 0.806 bits per heavy atom. The first kappa shape index (κ1) is 21.6. The van der Waals surface area contributed by atoms with E-state index in [0.29, 0.717) is 18.6 Å². The van der Waals surface area contributed by atoms with Gasteiger partial charge in [0.1, 0.15) is 12.4 Å². The molecule has 3 heteroatoms. The summed E-state index contributed by atoms with van der Waals surface area (Å²) < 4.78 is 5.92. The van der Waals surface area contributed by atoms with E-state index in [4.69, 9.17) is 4.74 Å². The highest BCUT2D eigenvalue weighted by atomic mass is 16.5. The maximum atomic E-state index is 10.3. The van der Waals surface area contributed by atoms with Crippen molar-refractivity contribution in [3.63, 3.8) is 0 Å². The van der Waals surface area contributed by atoms with Crippen LogP contribution in [0.5, 0.6) is 5.75 Å². The Balaban J connectivity index is 1.17. The minimum absolute atomic E-state index is 0.382.